The molecule has 34 heavy (non-hydrogen) atoms. The first kappa shape index (κ1) is 24.2. The number of rotatable bonds is 4. The number of methoxy groups -OCH3 is 1. The largest absolute Gasteiger partial charge is 0.430 e. The van der Waals surface area contributed by atoms with Crippen molar-refractivity contribution in [2.24, 2.45) is 5.41 Å². The van der Waals surface area contributed by atoms with Crippen LogP contribution < -0.4 is 5.32 Å². The number of nitrogens with one attached hydrogen (secondary N) is 1. The third-order valence-electron chi connectivity index (χ3n) is 7.26. The minimum Gasteiger partial charge on any atom is -0.356 e. The van der Waals surface area contributed by atoms with Crippen molar-refractivity contribution in [3.8, 4) is 0 Å². The molecule has 2 saturated heterocycles. The lowest BCUT2D eigenvalue weighted by molar-refractivity contribution is -0.271. The quantitative estimate of drug-likeness (QED) is 0.672. The van der Waals surface area contributed by atoms with Crippen LogP contribution in [0.3, 0.4) is 0 Å². The van der Waals surface area contributed by atoms with E-state index in [1.165, 1.54) is 41.3 Å². The van der Waals surface area contributed by atoms with Crippen molar-refractivity contribution in [3.05, 3.63) is 71.5 Å². The van der Waals surface area contributed by atoms with Gasteiger partial charge in [-0.2, -0.15) is 13.2 Å². The van der Waals surface area contributed by atoms with Crippen LogP contribution in [0, 0.1) is 11.2 Å². The molecule has 2 atom stereocenters. The van der Waals surface area contributed by atoms with Crippen LogP contribution in [0.4, 0.5) is 17.6 Å². The van der Waals surface area contributed by atoms with Crippen LogP contribution in [0.5, 0.6) is 0 Å². The van der Waals surface area contributed by atoms with E-state index in [1.807, 2.05) is 0 Å². The van der Waals surface area contributed by atoms with Crippen molar-refractivity contribution in [1.29, 1.82) is 0 Å². The van der Waals surface area contributed by atoms with E-state index in [-0.39, 0.29) is 42.7 Å². The summed E-state index contributed by atoms with van der Waals surface area (Å²) in [5.41, 5.74) is -3.07. The van der Waals surface area contributed by atoms with Gasteiger partial charge in [-0.1, -0.05) is 42.5 Å². The zero-order valence-electron chi connectivity index (χ0n) is 18.7. The van der Waals surface area contributed by atoms with Gasteiger partial charge < -0.3 is 15.0 Å². The Kier molecular flexibility index (Phi) is 6.42. The molecule has 9 heteroatoms. The van der Waals surface area contributed by atoms with Gasteiger partial charge in [0.2, 0.25) is 5.91 Å². The van der Waals surface area contributed by atoms with E-state index < -0.39 is 23.1 Å². The molecule has 2 aromatic carbocycles. The third-order valence-corrected chi connectivity index (χ3v) is 7.26. The Morgan fingerprint density at radius 2 is 1.68 bits per heavy atom. The maximum atomic E-state index is 14.3. The fourth-order valence-corrected chi connectivity index (χ4v) is 5.41. The number of hydrogen-bond donors (Lipinski definition) is 1. The van der Waals surface area contributed by atoms with Crippen molar-refractivity contribution in [2.75, 3.05) is 26.7 Å². The van der Waals surface area contributed by atoms with Gasteiger partial charge in [0.15, 0.2) is 0 Å². The molecule has 0 saturated carbocycles. The van der Waals surface area contributed by atoms with E-state index in [0.717, 1.165) is 12.7 Å². The number of carbonyl (C=O) groups excluding carboxylic acids is 2. The summed E-state index contributed by atoms with van der Waals surface area (Å²) < 4.78 is 61.4. The molecule has 1 N–H and O–H groups in total. The van der Waals surface area contributed by atoms with Crippen LogP contribution in [0.25, 0.3) is 0 Å². The summed E-state index contributed by atoms with van der Waals surface area (Å²) in [7, 11) is 0.889. The summed E-state index contributed by atoms with van der Waals surface area (Å²) >= 11 is 0. The monoisotopic (exact) mass is 478 g/mol. The lowest BCUT2D eigenvalue weighted by Crippen LogP contribution is -2.60. The topological polar surface area (TPSA) is 58.6 Å². The Bertz CT molecular complexity index is 1030. The minimum absolute atomic E-state index is 0.0534. The number of likely N-dealkylation sites (tertiary alicyclic amines) is 1. The number of nitrogens with zero attached hydrogens (tertiary/aromatic N) is 1. The molecule has 182 valence electrons. The van der Waals surface area contributed by atoms with Gasteiger partial charge in [-0.15, -0.1) is 0 Å². The molecule has 2 heterocycles. The third kappa shape index (κ3) is 4.06. The van der Waals surface area contributed by atoms with Gasteiger partial charge >= 0.3 is 6.18 Å². The Balaban J connectivity index is 1.61. The number of hydrogen-bond acceptors (Lipinski definition) is 3. The van der Waals surface area contributed by atoms with Crippen LogP contribution in [-0.2, 0) is 19.9 Å². The summed E-state index contributed by atoms with van der Waals surface area (Å²) in [6.45, 7) is 0.461. The summed E-state index contributed by atoms with van der Waals surface area (Å²) in [6.07, 6.45) is -4.08. The Hall–Kier alpha value is -2.94. The van der Waals surface area contributed by atoms with Crippen molar-refractivity contribution >= 4 is 11.8 Å². The maximum Gasteiger partial charge on any atom is 0.430 e. The lowest BCUT2D eigenvalue weighted by Gasteiger charge is -2.50. The van der Waals surface area contributed by atoms with Gasteiger partial charge in [0, 0.05) is 44.6 Å². The van der Waals surface area contributed by atoms with E-state index in [2.05, 4.69) is 5.32 Å². The first-order chi connectivity index (χ1) is 16.1. The number of piperidine rings is 2. The fourth-order valence-electron chi connectivity index (χ4n) is 5.41. The standard InChI is InChI=1S/C25H26F4N2O3/c1-34-24(25(27,28)29,18-5-3-2-4-6-18)22(33)31-13-11-23(12-14-31)15-21(32)30-16-20(23)17-7-9-19(26)10-8-17/h2-10,20H,11-16H2,1H3,(H,30,32)/t20-,24-/m1/s1. The molecule has 2 aliphatic rings. The normalized spacial score (nSPS) is 22.2. The first-order valence-corrected chi connectivity index (χ1v) is 11.1. The highest BCUT2D eigenvalue weighted by Crippen LogP contribution is 2.50. The molecule has 2 amide bonds. The van der Waals surface area contributed by atoms with E-state index >= 15 is 0 Å². The van der Waals surface area contributed by atoms with Crippen LogP contribution in [0.1, 0.15) is 36.3 Å². The zero-order valence-corrected chi connectivity index (χ0v) is 18.7. The van der Waals surface area contributed by atoms with Gasteiger partial charge in [0.25, 0.3) is 11.5 Å². The summed E-state index contributed by atoms with van der Waals surface area (Å²) in [5.74, 6) is -1.81. The molecule has 2 fully saturated rings. The summed E-state index contributed by atoms with van der Waals surface area (Å²) in [4.78, 5) is 26.9. The average Bonchev–Trinajstić information content (AvgIpc) is 2.81. The number of benzene rings is 2. The molecule has 0 bridgehead atoms. The highest BCUT2D eigenvalue weighted by Gasteiger charge is 2.64. The molecule has 0 aliphatic carbocycles. The van der Waals surface area contributed by atoms with Crippen LogP contribution >= 0.6 is 0 Å². The molecule has 0 radical (unpaired) electrons. The molecule has 1 spiro atoms. The molecule has 5 nitrogen and oxygen atoms in total. The SMILES string of the molecule is CO[C@@](C(=O)N1CCC2(CC1)CC(=O)NC[C@@H]2c1ccc(F)cc1)(c1ccccc1)C(F)(F)F. The van der Waals surface area contributed by atoms with Gasteiger partial charge in [-0.05, 0) is 36.0 Å². The molecular weight excluding hydrogens is 452 g/mol. The van der Waals surface area contributed by atoms with Gasteiger partial charge in [0.1, 0.15) is 5.82 Å². The second kappa shape index (κ2) is 9.02. The van der Waals surface area contributed by atoms with Gasteiger partial charge in [-0.25, -0.2) is 4.39 Å². The van der Waals surface area contributed by atoms with E-state index in [9.17, 15) is 27.2 Å². The molecule has 4 rings (SSSR count). The fraction of sp³-hybridized carbons (Fsp3) is 0.440. The Labute approximate surface area is 195 Å². The first-order valence-electron chi connectivity index (χ1n) is 11.1. The van der Waals surface area contributed by atoms with Crippen molar-refractivity contribution in [2.45, 2.75) is 37.0 Å². The second-order valence-corrected chi connectivity index (χ2v) is 8.99. The molecular formula is C25H26F4N2O3. The molecule has 2 aromatic rings. The predicted octanol–water partition coefficient (Wildman–Crippen LogP) is 4.14. The number of ether oxygens (including phenoxy) is 1. The molecule has 0 aromatic heterocycles. The van der Waals surface area contributed by atoms with E-state index in [4.69, 9.17) is 4.74 Å². The Morgan fingerprint density at radius 3 is 2.24 bits per heavy atom. The number of halogens is 4. The highest BCUT2D eigenvalue weighted by molar-refractivity contribution is 5.88. The van der Waals surface area contributed by atoms with Crippen LogP contribution in [-0.4, -0.2) is 49.6 Å². The molecule has 0 unspecified atom stereocenters. The van der Waals surface area contributed by atoms with Gasteiger partial charge in [-0.3, -0.25) is 9.59 Å². The zero-order chi connectivity index (χ0) is 24.6. The molecule has 2 aliphatic heterocycles. The average molecular weight is 478 g/mol. The van der Waals surface area contributed by atoms with E-state index in [0.29, 0.717) is 19.4 Å². The van der Waals surface area contributed by atoms with Crippen molar-refractivity contribution in [3.63, 3.8) is 0 Å². The second-order valence-electron chi connectivity index (χ2n) is 8.99. The minimum atomic E-state index is -4.98. The number of amides is 2. The van der Waals surface area contributed by atoms with Crippen molar-refractivity contribution in [1.82, 2.24) is 10.2 Å². The van der Waals surface area contributed by atoms with Crippen LogP contribution in [0.2, 0.25) is 0 Å². The smallest absolute Gasteiger partial charge is 0.356 e. The maximum absolute atomic E-state index is 14.3. The van der Waals surface area contributed by atoms with Gasteiger partial charge in [0.05, 0.1) is 0 Å². The lowest BCUT2D eigenvalue weighted by atomic mass is 9.62. The summed E-state index contributed by atoms with van der Waals surface area (Å²) in [6, 6.07) is 13.0. The van der Waals surface area contributed by atoms with Crippen molar-refractivity contribution < 1.29 is 31.9 Å². The van der Waals surface area contributed by atoms with Crippen LogP contribution in [0.15, 0.2) is 54.6 Å². The predicted molar refractivity (Wildman–Crippen MR) is 116 cm³/mol. The van der Waals surface area contributed by atoms with E-state index in [1.54, 1.807) is 18.2 Å². The highest BCUT2D eigenvalue weighted by atomic mass is 19.4. The number of carbonyl (C=O) groups is 2. The Morgan fingerprint density at radius 1 is 1.06 bits per heavy atom. The summed E-state index contributed by atoms with van der Waals surface area (Å²) in [5, 5.41) is 2.84. The number of alkyl halides is 3.